The van der Waals surface area contributed by atoms with Crippen LogP contribution in [0.25, 0.3) is 0 Å². The van der Waals surface area contributed by atoms with E-state index in [2.05, 4.69) is 5.32 Å². The van der Waals surface area contributed by atoms with Gasteiger partial charge in [-0.3, -0.25) is 9.59 Å². The summed E-state index contributed by atoms with van der Waals surface area (Å²) in [5.41, 5.74) is 0.679. The van der Waals surface area contributed by atoms with E-state index in [1.54, 1.807) is 46.8 Å². The van der Waals surface area contributed by atoms with Crippen molar-refractivity contribution < 1.29 is 18.7 Å². The average molecular weight is 410 g/mol. The second kappa shape index (κ2) is 8.96. The Hall–Kier alpha value is -3.06. The number of carbonyl (C=O) groups is 2. The number of amides is 2. The molecule has 0 saturated heterocycles. The molecule has 150 valence electrons. The van der Waals surface area contributed by atoms with Gasteiger partial charge in [-0.25, -0.2) is 0 Å². The number of furan rings is 1. The van der Waals surface area contributed by atoms with Crippen molar-refractivity contribution in [1.82, 2.24) is 4.90 Å². The highest BCUT2D eigenvalue weighted by Gasteiger charge is 2.29. The Bertz CT molecular complexity index is 913. The highest BCUT2D eigenvalue weighted by molar-refractivity contribution is 7.09. The van der Waals surface area contributed by atoms with Crippen molar-refractivity contribution in [2.75, 3.05) is 11.9 Å². The summed E-state index contributed by atoms with van der Waals surface area (Å²) < 4.78 is 11.1. The van der Waals surface area contributed by atoms with Crippen molar-refractivity contribution in [2.24, 2.45) is 5.92 Å². The summed E-state index contributed by atoms with van der Waals surface area (Å²) in [5, 5.41) is 4.88. The third-order valence-corrected chi connectivity index (χ3v) is 5.48. The number of hydrogen-bond acceptors (Lipinski definition) is 5. The van der Waals surface area contributed by atoms with Gasteiger partial charge in [0.25, 0.3) is 5.91 Å². The van der Waals surface area contributed by atoms with Gasteiger partial charge in [-0.1, -0.05) is 12.1 Å². The molecule has 6 nitrogen and oxygen atoms in total. The van der Waals surface area contributed by atoms with E-state index in [1.807, 2.05) is 29.6 Å². The molecule has 0 spiro atoms. The van der Waals surface area contributed by atoms with Crippen LogP contribution in [0.3, 0.4) is 0 Å². The fourth-order valence-electron chi connectivity index (χ4n) is 2.90. The van der Waals surface area contributed by atoms with Gasteiger partial charge >= 0.3 is 0 Å². The fourth-order valence-corrected chi connectivity index (χ4v) is 3.62. The SMILES string of the molecule is O=C(Nc1cccc(OCC(=O)N(Cc2ccco2)Cc2cccs2)c1)C1CC1. The molecule has 0 radical (unpaired) electrons. The monoisotopic (exact) mass is 410 g/mol. The standard InChI is InChI=1S/C22H22N2O4S/c25-21(24(13-19-6-2-10-27-19)14-20-7-3-11-29-20)15-28-18-5-1-4-17(12-18)23-22(26)16-8-9-16/h1-7,10-12,16H,8-9,13-15H2,(H,23,26). The molecule has 2 amide bonds. The minimum absolute atomic E-state index is 0.0406. The van der Waals surface area contributed by atoms with E-state index in [0.717, 1.165) is 23.5 Å². The number of thiophene rings is 1. The van der Waals surface area contributed by atoms with Gasteiger partial charge in [-0.15, -0.1) is 11.3 Å². The van der Waals surface area contributed by atoms with Crippen LogP contribution in [0.15, 0.2) is 64.6 Å². The molecule has 1 aliphatic carbocycles. The molecule has 1 aliphatic rings. The number of anilines is 1. The number of hydrogen-bond donors (Lipinski definition) is 1. The Labute approximate surface area is 173 Å². The molecule has 1 N–H and O–H groups in total. The zero-order valence-corrected chi connectivity index (χ0v) is 16.7. The van der Waals surface area contributed by atoms with E-state index in [0.29, 0.717) is 24.5 Å². The predicted octanol–water partition coefficient (Wildman–Crippen LogP) is 4.30. The van der Waals surface area contributed by atoms with Gasteiger partial charge in [-0.2, -0.15) is 0 Å². The lowest BCUT2D eigenvalue weighted by Gasteiger charge is -2.21. The van der Waals surface area contributed by atoms with Gasteiger partial charge in [0.1, 0.15) is 11.5 Å². The van der Waals surface area contributed by atoms with E-state index >= 15 is 0 Å². The highest BCUT2D eigenvalue weighted by Crippen LogP contribution is 2.30. The number of nitrogens with one attached hydrogen (secondary N) is 1. The number of benzene rings is 1. The molecule has 3 aromatic rings. The summed E-state index contributed by atoms with van der Waals surface area (Å²) in [4.78, 5) is 27.6. The number of nitrogens with zero attached hydrogens (tertiary/aromatic N) is 1. The first kappa shape index (κ1) is 19.3. The van der Waals surface area contributed by atoms with E-state index in [1.165, 1.54) is 0 Å². The number of ether oxygens (including phenoxy) is 1. The highest BCUT2D eigenvalue weighted by atomic mass is 32.1. The van der Waals surface area contributed by atoms with Crippen LogP contribution >= 0.6 is 11.3 Å². The van der Waals surface area contributed by atoms with Crippen LogP contribution < -0.4 is 10.1 Å². The minimum atomic E-state index is -0.137. The molecule has 1 fully saturated rings. The Balaban J connectivity index is 1.37. The first-order valence-electron chi connectivity index (χ1n) is 9.53. The summed E-state index contributed by atoms with van der Waals surface area (Å²) in [6.07, 6.45) is 3.50. The quantitative estimate of drug-likeness (QED) is 0.571. The molecule has 1 aromatic carbocycles. The first-order valence-corrected chi connectivity index (χ1v) is 10.4. The molecule has 1 saturated carbocycles. The van der Waals surface area contributed by atoms with Crippen molar-refractivity contribution in [1.29, 1.82) is 0 Å². The molecule has 2 aromatic heterocycles. The summed E-state index contributed by atoms with van der Waals surface area (Å²) >= 11 is 1.61. The largest absolute Gasteiger partial charge is 0.484 e. The Morgan fingerprint density at radius 1 is 1.14 bits per heavy atom. The van der Waals surface area contributed by atoms with E-state index in [4.69, 9.17) is 9.15 Å². The lowest BCUT2D eigenvalue weighted by atomic mass is 10.3. The summed E-state index contributed by atoms with van der Waals surface area (Å²) in [7, 11) is 0. The molecule has 0 atom stereocenters. The van der Waals surface area contributed by atoms with Crippen LogP contribution in [0, 0.1) is 5.92 Å². The summed E-state index contributed by atoms with van der Waals surface area (Å²) in [6, 6.07) is 14.7. The van der Waals surface area contributed by atoms with Crippen LogP contribution in [-0.4, -0.2) is 23.3 Å². The van der Waals surface area contributed by atoms with Crippen LogP contribution in [0.1, 0.15) is 23.5 Å². The average Bonchev–Trinajstić information content (AvgIpc) is 3.21. The Morgan fingerprint density at radius 2 is 2.03 bits per heavy atom. The van der Waals surface area contributed by atoms with Gasteiger partial charge in [0.15, 0.2) is 6.61 Å². The smallest absolute Gasteiger partial charge is 0.261 e. The van der Waals surface area contributed by atoms with Crippen molar-refractivity contribution >= 4 is 28.8 Å². The van der Waals surface area contributed by atoms with Gasteiger partial charge in [0.05, 0.1) is 19.4 Å². The Morgan fingerprint density at radius 3 is 2.76 bits per heavy atom. The summed E-state index contributed by atoms with van der Waals surface area (Å²) in [6.45, 7) is 0.786. The van der Waals surface area contributed by atoms with Crippen LogP contribution in [-0.2, 0) is 22.7 Å². The third kappa shape index (κ3) is 5.48. The molecule has 2 heterocycles. The molecular formula is C22H22N2O4S. The summed E-state index contributed by atoms with van der Waals surface area (Å²) in [5.74, 6) is 1.30. The lowest BCUT2D eigenvalue weighted by Crippen LogP contribution is -2.33. The number of rotatable bonds is 9. The molecule has 0 unspecified atom stereocenters. The second-order valence-electron chi connectivity index (χ2n) is 6.99. The van der Waals surface area contributed by atoms with E-state index in [9.17, 15) is 9.59 Å². The Kier molecular flexibility index (Phi) is 5.95. The van der Waals surface area contributed by atoms with E-state index in [-0.39, 0.29) is 24.3 Å². The third-order valence-electron chi connectivity index (χ3n) is 4.62. The van der Waals surface area contributed by atoms with Crippen LogP contribution in [0.4, 0.5) is 5.69 Å². The van der Waals surface area contributed by atoms with Crippen LogP contribution in [0.2, 0.25) is 0 Å². The van der Waals surface area contributed by atoms with Gasteiger partial charge in [-0.05, 0) is 48.6 Å². The van der Waals surface area contributed by atoms with Crippen molar-refractivity contribution in [2.45, 2.75) is 25.9 Å². The van der Waals surface area contributed by atoms with Gasteiger partial charge in [0.2, 0.25) is 5.91 Å². The molecule has 0 aliphatic heterocycles. The number of carbonyl (C=O) groups excluding carboxylic acids is 2. The van der Waals surface area contributed by atoms with Crippen molar-refractivity contribution in [3.63, 3.8) is 0 Å². The van der Waals surface area contributed by atoms with Crippen LogP contribution in [0.5, 0.6) is 5.75 Å². The topological polar surface area (TPSA) is 71.8 Å². The maximum Gasteiger partial charge on any atom is 0.261 e. The lowest BCUT2D eigenvalue weighted by molar-refractivity contribution is -0.134. The van der Waals surface area contributed by atoms with E-state index < -0.39 is 0 Å². The normalized spacial score (nSPS) is 13.1. The van der Waals surface area contributed by atoms with Gasteiger partial charge in [0, 0.05) is 22.5 Å². The fraction of sp³-hybridized carbons (Fsp3) is 0.273. The van der Waals surface area contributed by atoms with Crippen molar-refractivity contribution in [3.8, 4) is 5.75 Å². The second-order valence-corrected chi connectivity index (χ2v) is 8.02. The zero-order valence-electron chi connectivity index (χ0n) is 15.9. The molecule has 7 heteroatoms. The maximum atomic E-state index is 12.8. The minimum Gasteiger partial charge on any atom is -0.484 e. The van der Waals surface area contributed by atoms with Crippen molar-refractivity contribution in [3.05, 3.63) is 70.8 Å². The first-order chi connectivity index (χ1) is 14.2. The predicted molar refractivity (Wildman–Crippen MR) is 111 cm³/mol. The maximum absolute atomic E-state index is 12.8. The molecule has 29 heavy (non-hydrogen) atoms. The molecule has 4 rings (SSSR count). The molecule has 0 bridgehead atoms. The van der Waals surface area contributed by atoms with Gasteiger partial charge < -0.3 is 19.4 Å². The zero-order chi connectivity index (χ0) is 20.1. The molecular weight excluding hydrogens is 388 g/mol.